The van der Waals surface area contributed by atoms with Gasteiger partial charge in [0.2, 0.25) is 0 Å². The summed E-state index contributed by atoms with van der Waals surface area (Å²) in [7, 11) is 0. The van der Waals surface area contributed by atoms with Gasteiger partial charge in [-0.25, -0.2) is 19.2 Å². The fourth-order valence-corrected chi connectivity index (χ4v) is 4.48. The molecule has 2 saturated carbocycles. The van der Waals surface area contributed by atoms with E-state index in [9.17, 15) is 9.59 Å². The molecule has 6 N–H and O–H groups in total. The van der Waals surface area contributed by atoms with Crippen LogP contribution in [0.2, 0.25) is 0 Å². The predicted molar refractivity (Wildman–Crippen MR) is 131 cm³/mol. The average Bonchev–Trinajstić information content (AvgIpc) is 2.58. The number of ether oxygens (including phenoxy) is 2. The molecule has 0 aromatic carbocycles. The maximum atomic E-state index is 11.5. The minimum atomic E-state index is -1.82. The van der Waals surface area contributed by atoms with Crippen molar-refractivity contribution in [1.29, 1.82) is 0 Å². The maximum absolute atomic E-state index is 11.5. The SMILES string of the molecule is CC(C)(C)OC(=O)NC1CCC12CNC2.CC(C)(C)OC(=O)NC1CCC12CNC2.O=C(O)C(=O)O. The van der Waals surface area contributed by atoms with E-state index in [-0.39, 0.29) is 12.2 Å². The summed E-state index contributed by atoms with van der Waals surface area (Å²) in [6.07, 6.45) is 4.06. The van der Waals surface area contributed by atoms with Gasteiger partial charge in [0.1, 0.15) is 11.2 Å². The first-order valence-electron chi connectivity index (χ1n) is 12.3. The van der Waals surface area contributed by atoms with Crippen LogP contribution < -0.4 is 21.3 Å². The van der Waals surface area contributed by atoms with Crippen LogP contribution in [-0.4, -0.2) is 83.8 Å². The van der Waals surface area contributed by atoms with Crippen molar-refractivity contribution in [2.24, 2.45) is 10.8 Å². The quantitative estimate of drug-likeness (QED) is 0.297. The van der Waals surface area contributed by atoms with Crippen molar-refractivity contribution in [3.8, 4) is 0 Å². The lowest BCUT2D eigenvalue weighted by Crippen LogP contribution is -2.69. The molecule has 2 saturated heterocycles. The highest BCUT2D eigenvalue weighted by atomic mass is 16.6. The molecule has 2 aliphatic carbocycles. The number of carbonyl (C=O) groups is 4. The molecule has 12 heteroatoms. The van der Waals surface area contributed by atoms with Crippen LogP contribution in [0.25, 0.3) is 0 Å². The highest BCUT2D eigenvalue weighted by molar-refractivity contribution is 6.27. The maximum Gasteiger partial charge on any atom is 0.414 e. The monoisotopic (exact) mass is 514 g/mol. The molecule has 2 aliphatic heterocycles. The van der Waals surface area contributed by atoms with Gasteiger partial charge in [-0.15, -0.1) is 0 Å². The number of aliphatic carboxylic acids is 2. The van der Waals surface area contributed by atoms with Gasteiger partial charge in [0.25, 0.3) is 0 Å². The van der Waals surface area contributed by atoms with Gasteiger partial charge in [-0.1, -0.05) is 0 Å². The Hall–Kier alpha value is -2.60. The van der Waals surface area contributed by atoms with E-state index in [1.807, 2.05) is 41.5 Å². The summed E-state index contributed by atoms with van der Waals surface area (Å²) < 4.78 is 10.5. The molecular weight excluding hydrogens is 472 g/mol. The highest BCUT2D eigenvalue weighted by Gasteiger charge is 2.52. The lowest BCUT2D eigenvalue weighted by Gasteiger charge is -2.56. The molecular formula is C24H42N4O8. The third-order valence-corrected chi connectivity index (χ3v) is 6.81. The molecule has 2 unspecified atom stereocenters. The molecule has 4 aliphatic rings. The fourth-order valence-electron chi connectivity index (χ4n) is 4.48. The normalized spacial score (nSPS) is 24.4. The Morgan fingerprint density at radius 1 is 0.694 bits per heavy atom. The summed E-state index contributed by atoms with van der Waals surface area (Å²) in [5.74, 6) is -3.65. The molecule has 0 aromatic heterocycles. The highest BCUT2D eigenvalue weighted by Crippen LogP contribution is 2.45. The second kappa shape index (κ2) is 11.2. The van der Waals surface area contributed by atoms with E-state index in [4.69, 9.17) is 29.3 Å². The molecule has 12 nitrogen and oxygen atoms in total. The summed E-state index contributed by atoms with van der Waals surface area (Å²) in [6.45, 7) is 15.4. The Balaban J connectivity index is 0.000000208. The molecule has 0 bridgehead atoms. The van der Waals surface area contributed by atoms with Crippen molar-refractivity contribution in [2.45, 2.75) is 90.5 Å². The minimum absolute atomic E-state index is 0.279. The lowest BCUT2D eigenvalue weighted by atomic mass is 9.60. The van der Waals surface area contributed by atoms with Crippen LogP contribution in [0.15, 0.2) is 0 Å². The Kier molecular flexibility index (Phi) is 9.22. The van der Waals surface area contributed by atoms with Crippen molar-refractivity contribution < 1.29 is 38.9 Å². The molecule has 0 radical (unpaired) electrons. The Bertz CT molecular complexity index is 746. The molecule has 4 rings (SSSR count). The van der Waals surface area contributed by atoms with Crippen molar-refractivity contribution in [2.75, 3.05) is 26.2 Å². The standard InChI is InChI=1S/2C11H20N2O2.C2H2O4/c2*1-10(2,3)15-9(14)13-8-4-5-11(8)6-12-7-11;3-1(4)2(5)6/h2*8,12H,4-7H2,1-3H3,(H,13,14);(H,3,4)(H,5,6). The van der Waals surface area contributed by atoms with Gasteiger partial charge < -0.3 is 41.0 Å². The van der Waals surface area contributed by atoms with E-state index < -0.39 is 23.1 Å². The summed E-state index contributed by atoms with van der Waals surface area (Å²) >= 11 is 0. The van der Waals surface area contributed by atoms with Crippen LogP contribution in [0.1, 0.15) is 67.2 Å². The number of hydrogen-bond donors (Lipinski definition) is 6. The lowest BCUT2D eigenvalue weighted by molar-refractivity contribution is -0.159. The second-order valence-corrected chi connectivity index (χ2v) is 12.0. The summed E-state index contributed by atoms with van der Waals surface area (Å²) in [6, 6.07) is 0.627. The van der Waals surface area contributed by atoms with Gasteiger partial charge >= 0.3 is 24.1 Å². The first-order chi connectivity index (χ1) is 16.5. The number of hydrogen-bond acceptors (Lipinski definition) is 8. The number of carboxylic acid groups (broad SMARTS) is 2. The van der Waals surface area contributed by atoms with Gasteiger partial charge in [-0.05, 0) is 67.2 Å². The van der Waals surface area contributed by atoms with E-state index >= 15 is 0 Å². The van der Waals surface area contributed by atoms with Crippen molar-refractivity contribution in [3.05, 3.63) is 0 Å². The van der Waals surface area contributed by atoms with Crippen molar-refractivity contribution in [1.82, 2.24) is 21.3 Å². The zero-order chi connectivity index (χ0) is 27.4. The Morgan fingerprint density at radius 3 is 1.14 bits per heavy atom. The smallest absolute Gasteiger partial charge is 0.414 e. The molecule has 0 aromatic rings. The second-order valence-electron chi connectivity index (χ2n) is 12.0. The van der Waals surface area contributed by atoms with Crippen LogP contribution in [0.3, 0.4) is 0 Å². The molecule has 2 spiro atoms. The summed E-state index contributed by atoms with van der Waals surface area (Å²) in [5.41, 5.74) is -0.120. The van der Waals surface area contributed by atoms with Gasteiger partial charge in [-0.3, -0.25) is 0 Å². The average molecular weight is 515 g/mol. The van der Waals surface area contributed by atoms with Crippen LogP contribution >= 0.6 is 0 Å². The zero-order valence-electron chi connectivity index (χ0n) is 22.2. The van der Waals surface area contributed by atoms with Crippen molar-refractivity contribution in [3.63, 3.8) is 0 Å². The van der Waals surface area contributed by atoms with Crippen LogP contribution in [0.4, 0.5) is 9.59 Å². The first-order valence-corrected chi connectivity index (χ1v) is 12.3. The number of carbonyl (C=O) groups excluding carboxylic acids is 2. The molecule has 2 amide bonds. The van der Waals surface area contributed by atoms with E-state index in [1.54, 1.807) is 0 Å². The van der Waals surface area contributed by atoms with E-state index in [1.165, 1.54) is 12.8 Å². The minimum Gasteiger partial charge on any atom is -0.473 e. The Morgan fingerprint density at radius 2 is 1.00 bits per heavy atom. The van der Waals surface area contributed by atoms with E-state index in [2.05, 4.69) is 21.3 Å². The topological polar surface area (TPSA) is 175 Å². The van der Waals surface area contributed by atoms with Gasteiger partial charge in [0.15, 0.2) is 0 Å². The fraction of sp³-hybridized carbons (Fsp3) is 0.833. The van der Waals surface area contributed by atoms with Crippen LogP contribution in [0.5, 0.6) is 0 Å². The van der Waals surface area contributed by atoms with Gasteiger partial charge in [-0.2, -0.15) is 0 Å². The van der Waals surface area contributed by atoms with Crippen LogP contribution in [-0.2, 0) is 19.1 Å². The van der Waals surface area contributed by atoms with Gasteiger partial charge in [0, 0.05) is 49.1 Å². The number of amides is 2. The third-order valence-electron chi connectivity index (χ3n) is 6.81. The molecule has 2 heterocycles. The number of carboxylic acids is 2. The largest absolute Gasteiger partial charge is 0.473 e. The number of rotatable bonds is 2. The summed E-state index contributed by atoms with van der Waals surface area (Å²) in [5, 5.41) is 27.2. The molecule has 4 fully saturated rings. The first kappa shape index (κ1) is 29.6. The van der Waals surface area contributed by atoms with Crippen LogP contribution in [0, 0.1) is 10.8 Å². The molecule has 2 atom stereocenters. The van der Waals surface area contributed by atoms with Gasteiger partial charge in [0.05, 0.1) is 0 Å². The van der Waals surface area contributed by atoms with E-state index in [0.29, 0.717) is 22.9 Å². The van der Waals surface area contributed by atoms with E-state index in [0.717, 1.165) is 39.0 Å². The van der Waals surface area contributed by atoms with Crippen molar-refractivity contribution >= 4 is 24.1 Å². The zero-order valence-corrected chi connectivity index (χ0v) is 22.2. The molecule has 36 heavy (non-hydrogen) atoms. The number of nitrogens with one attached hydrogen (secondary N) is 4. The molecule has 206 valence electrons. The summed E-state index contributed by atoms with van der Waals surface area (Å²) in [4.78, 5) is 41.3. The predicted octanol–water partition coefficient (Wildman–Crippen LogP) is 1.68. The Labute approximate surface area is 212 Å². The third kappa shape index (κ3) is 8.22. The number of alkyl carbamates (subject to hydrolysis) is 2.